The number of fused-ring (bicyclic) bond motifs is 1. The van der Waals surface area contributed by atoms with Gasteiger partial charge in [-0.25, -0.2) is 4.98 Å². The fraction of sp³-hybridized carbons (Fsp3) is 0.333. The largest absolute Gasteiger partial charge is 0.351 e. The van der Waals surface area contributed by atoms with Crippen LogP contribution in [-0.4, -0.2) is 60.0 Å². The molecule has 4 rings (SSSR count). The third-order valence-corrected chi connectivity index (χ3v) is 6.94. The minimum atomic E-state index is -0.503. The lowest BCUT2D eigenvalue weighted by atomic mass is 10.2. The van der Waals surface area contributed by atoms with Gasteiger partial charge in [0.1, 0.15) is 0 Å². The molecule has 2 heterocycles. The monoisotopic (exact) mass is 459 g/mol. The summed E-state index contributed by atoms with van der Waals surface area (Å²) in [4.78, 5) is 32.0. The van der Waals surface area contributed by atoms with Crippen molar-refractivity contribution in [2.75, 3.05) is 44.2 Å². The Hall–Kier alpha value is -2.75. The Bertz CT molecular complexity index is 1090. The van der Waals surface area contributed by atoms with E-state index in [-0.39, 0.29) is 11.6 Å². The maximum absolute atomic E-state index is 12.3. The maximum Gasteiger partial charge on any atom is 0.270 e. The molecule has 0 radical (unpaired) electrons. The highest BCUT2D eigenvalue weighted by Crippen LogP contribution is 2.35. The number of nitrogens with one attached hydrogen (secondary N) is 1. The number of benzene rings is 2. The predicted octanol–water partition coefficient (Wildman–Crippen LogP) is 3.72. The quantitative estimate of drug-likeness (QED) is 0.446. The van der Waals surface area contributed by atoms with Gasteiger partial charge in [0.2, 0.25) is 0 Å². The van der Waals surface area contributed by atoms with Crippen LogP contribution in [0.25, 0.3) is 10.2 Å². The summed E-state index contributed by atoms with van der Waals surface area (Å²) in [6.07, 6.45) is 0. The molecule has 0 bridgehead atoms. The molecule has 1 aromatic heterocycles. The number of anilines is 1. The van der Waals surface area contributed by atoms with E-state index in [1.165, 1.54) is 18.2 Å². The van der Waals surface area contributed by atoms with Crippen LogP contribution in [-0.2, 0) is 0 Å². The van der Waals surface area contributed by atoms with Gasteiger partial charge in [-0.15, -0.1) is 0 Å². The van der Waals surface area contributed by atoms with Crippen molar-refractivity contribution in [1.82, 2.24) is 15.2 Å². The van der Waals surface area contributed by atoms with Crippen molar-refractivity contribution in [3.05, 3.63) is 62.7 Å². The van der Waals surface area contributed by atoms with Gasteiger partial charge in [-0.05, 0) is 24.6 Å². The number of thiazole rings is 1. The number of piperazine rings is 1. The van der Waals surface area contributed by atoms with Crippen LogP contribution in [0.3, 0.4) is 0 Å². The number of nitro groups is 1. The summed E-state index contributed by atoms with van der Waals surface area (Å²) in [6, 6.07) is 9.67. The fourth-order valence-corrected chi connectivity index (χ4v) is 4.95. The molecule has 1 aliphatic rings. The molecule has 31 heavy (non-hydrogen) atoms. The van der Waals surface area contributed by atoms with Crippen molar-refractivity contribution < 1.29 is 9.72 Å². The standard InChI is InChI=1S/C21H22ClN5O3S/c1-14-5-6-17(22)19-18(14)24-21(31-19)26-11-9-25(10-12-26)8-7-23-20(28)15-3-2-4-16(13-15)27(29)30/h2-6,13H,7-12H2,1H3,(H,23,28). The van der Waals surface area contributed by atoms with Crippen LogP contribution in [0.5, 0.6) is 0 Å². The zero-order valence-electron chi connectivity index (χ0n) is 17.0. The molecule has 1 aliphatic heterocycles. The molecule has 1 amide bonds. The smallest absolute Gasteiger partial charge is 0.270 e. The van der Waals surface area contributed by atoms with Crippen LogP contribution in [0.15, 0.2) is 36.4 Å². The summed E-state index contributed by atoms with van der Waals surface area (Å²) in [5, 5.41) is 15.4. The minimum absolute atomic E-state index is 0.0879. The highest BCUT2D eigenvalue weighted by Gasteiger charge is 2.21. The molecular weight excluding hydrogens is 438 g/mol. The first-order chi connectivity index (χ1) is 14.9. The molecule has 2 aromatic carbocycles. The number of hydrogen-bond acceptors (Lipinski definition) is 7. The van der Waals surface area contributed by atoms with Gasteiger partial charge in [-0.1, -0.05) is 35.1 Å². The van der Waals surface area contributed by atoms with Gasteiger partial charge >= 0.3 is 0 Å². The second-order valence-corrected chi connectivity index (χ2v) is 8.82. The summed E-state index contributed by atoms with van der Waals surface area (Å²) in [5.74, 6) is -0.302. The van der Waals surface area contributed by atoms with E-state index in [9.17, 15) is 14.9 Å². The zero-order chi connectivity index (χ0) is 22.0. The molecule has 0 saturated carbocycles. The first-order valence-corrected chi connectivity index (χ1v) is 11.2. The van der Waals surface area contributed by atoms with Gasteiger partial charge in [0.15, 0.2) is 5.13 Å². The molecule has 1 fully saturated rings. The van der Waals surface area contributed by atoms with E-state index in [4.69, 9.17) is 16.6 Å². The van der Waals surface area contributed by atoms with E-state index >= 15 is 0 Å². The van der Waals surface area contributed by atoms with Gasteiger partial charge < -0.3 is 10.2 Å². The number of nitrogens with zero attached hydrogens (tertiary/aromatic N) is 4. The lowest BCUT2D eigenvalue weighted by molar-refractivity contribution is -0.384. The molecule has 3 aromatic rings. The summed E-state index contributed by atoms with van der Waals surface area (Å²) in [5.41, 5.74) is 2.30. The number of amides is 1. The first-order valence-electron chi connectivity index (χ1n) is 9.98. The Morgan fingerprint density at radius 3 is 2.74 bits per heavy atom. The number of non-ortho nitro benzene ring substituents is 1. The fourth-order valence-electron chi connectivity index (χ4n) is 3.58. The predicted molar refractivity (Wildman–Crippen MR) is 123 cm³/mol. The van der Waals surface area contributed by atoms with Crippen molar-refractivity contribution >= 4 is 49.9 Å². The number of aryl methyl sites for hydroxylation is 1. The van der Waals surface area contributed by atoms with Gasteiger partial charge in [0.25, 0.3) is 11.6 Å². The number of nitro benzene ring substituents is 1. The Balaban J connectivity index is 1.28. The van der Waals surface area contributed by atoms with Crippen LogP contribution < -0.4 is 10.2 Å². The van der Waals surface area contributed by atoms with Gasteiger partial charge in [-0.2, -0.15) is 0 Å². The summed E-state index contributed by atoms with van der Waals surface area (Å²) in [7, 11) is 0. The highest BCUT2D eigenvalue weighted by molar-refractivity contribution is 7.22. The molecule has 0 unspecified atom stereocenters. The topological polar surface area (TPSA) is 91.6 Å². The number of aromatic nitrogens is 1. The third kappa shape index (κ3) is 4.79. The average Bonchev–Trinajstić information content (AvgIpc) is 3.24. The molecule has 162 valence electrons. The number of carbonyl (C=O) groups excluding carboxylic acids is 1. The molecule has 10 heteroatoms. The number of carbonyl (C=O) groups is 1. The summed E-state index contributed by atoms with van der Waals surface area (Å²) in [6.45, 7) is 6.70. The van der Waals surface area contributed by atoms with Crippen LogP contribution >= 0.6 is 22.9 Å². The van der Waals surface area contributed by atoms with Crippen molar-refractivity contribution in [1.29, 1.82) is 0 Å². The molecule has 0 spiro atoms. The second-order valence-electron chi connectivity index (χ2n) is 7.43. The van der Waals surface area contributed by atoms with Crippen LogP contribution in [0.2, 0.25) is 5.02 Å². The van der Waals surface area contributed by atoms with E-state index in [0.29, 0.717) is 12.1 Å². The third-order valence-electron chi connectivity index (χ3n) is 5.36. The zero-order valence-corrected chi connectivity index (χ0v) is 18.6. The van der Waals surface area contributed by atoms with Crippen molar-refractivity contribution in [2.45, 2.75) is 6.92 Å². The molecule has 8 nitrogen and oxygen atoms in total. The SMILES string of the molecule is Cc1ccc(Cl)c2sc(N3CCN(CCNC(=O)c4cccc([N+](=O)[O-])c4)CC3)nc12. The minimum Gasteiger partial charge on any atom is -0.351 e. The van der Waals surface area contributed by atoms with Gasteiger partial charge in [0, 0.05) is 57.0 Å². The summed E-state index contributed by atoms with van der Waals surface area (Å²) < 4.78 is 1.03. The van der Waals surface area contributed by atoms with Crippen molar-refractivity contribution in [3.63, 3.8) is 0 Å². The van der Waals surface area contributed by atoms with Gasteiger partial charge in [0.05, 0.1) is 20.2 Å². The maximum atomic E-state index is 12.3. The normalized spacial score (nSPS) is 14.7. The molecule has 0 atom stereocenters. The number of halogens is 1. The van der Waals surface area contributed by atoms with Crippen LogP contribution in [0.1, 0.15) is 15.9 Å². The molecule has 1 N–H and O–H groups in total. The van der Waals surface area contributed by atoms with Crippen molar-refractivity contribution in [3.8, 4) is 0 Å². The Labute approximate surface area is 188 Å². The second kappa shape index (κ2) is 9.17. The number of hydrogen-bond donors (Lipinski definition) is 1. The molecule has 0 aliphatic carbocycles. The van der Waals surface area contributed by atoms with Crippen molar-refractivity contribution in [2.24, 2.45) is 0 Å². The molecular formula is C21H22ClN5O3S. The summed E-state index contributed by atoms with van der Waals surface area (Å²) >= 11 is 7.96. The average molecular weight is 460 g/mol. The van der Waals surface area contributed by atoms with Gasteiger partial charge in [-0.3, -0.25) is 19.8 Å². The Morgan fingerprint density at radius 2 is 2.03 bits per heavy atom. The van der Waals surface area contributed by atoms with E-state index in [2.05, 4.69) is 15.1 Å². The highest BCUT2D eigenvalue weighted by atomic mass is 35.5. The van der Waals surface area contributed by atoms with Crippen LogP contribution in [0, 0.1) is 17.0 Å². The Kier molecular flexibility index (Phi) is 6.35. The number of rotatable bonds is 6. The molecule has 1 saturated heterocycles. The lowest BCUT2D eigenvalue weighted by Gasteiger charge is -2.34. The van der Waals surface area contributed by atoms with E-state index < -0.39 is 4.92 Å². The lowest BCUT2D eigenvalue weighted by Crippen LogP contribution is -2.48. The van der Waals surface area contributed by atoms with E-state index in [1.54, 1.807) is 17.4 Å². The van der Waals surface area contributed by atoms with Crippen LogP contribution in [0.4, 0.5) is 10.8 Å². The first kappa shape index (κ1) is 21.5. The van der Waals surface area contributed by atoms with E-state index in [0.717, 1.165) is 58.7 Å². The van der Waals surface area contributed by atoms with E-state index in [1.807, 2.05) is 19.1 Å². The Morgan fingerprint density at radius 1 is 1.26 bits per heavy atom.